The van der Waals surface area contributed by atoms with Gasteiger partial charge in [-0.3, -0.25) is 9.59 Å². The van der Waals surface area contributed by atoms with Gasteiger partial charge < -0.3 is 14.8 Å². The van der Waals surface area contributed by atoms with E-state index in [0.29, 0.717) is 11.4 Å². The molecule has 1 fully saturated rings. The molecular formula is C23H22F2N4O2. The van der Waals surface area contributed by atoms with E-state index in [2.05, 4.69) is 10.3 Å². The van der Waals surface area contributed by atoms with Gasteiger partial charge in [0, 0.05) is 32.4 Å². The second-order valence-corrected chi connectivity index (χ2v) is 7.75. The first-order valence-corrected chi connectivity index (χ1v) is 9.93. The van der Waals surface area contributed by atoms with Crippen LogP contribution in [0.4, 0.5) is 14.5 Å². The second kappa shape index (κ2) is 8.29. The molecule has 2 aromatic carbocycles. The maximum Gasteiger partial charge on any atom is 0.227 e. The third-order valence-corrected chi connectivity index (χ3v) is 5.50. The number of amides is 2. The van der Waals surface area contributed by atoms with Crippen LogP contribution in [0.5, 0.6) is 0 Å². The Bertz CT molecular complexity index is 1130. The van der Waals surface area contributed by atoms with Crippen LogP contribution in [-0.2, 0) is 16.6 Å². The van der Waals surface area contributed by atoms with E-state index in [1.807, 2.05) is 0 Å². The van der Waals surface area contributed by atoms with Crippen molar-refractivity contribution in [1.82, 2.24) is 14.9 Å². The number of imidazole rings is 1. The van der Waals surface area contributed by atoms with Gasteiger partial charge in [-0.05, 0) is 42.3 Å². The number of halogens is 2. The van der Waals surface area contributed by atoms with Gasteiger partial charge in [-0.1, -0.05) is 18.2 Å². The molecule has 2 atom stereocenters. The molecule has 160 valence electrons. The highest BCUT2D eigenvalue weighted by Crippen LogP contribution is 2.29. The number of hydrogen-bond donors (Lipinski definition) is 1. The standard InChI is InChI=1S/C23H22F2N4O2/c1-14-3-8-19(18(25)11-14)29-13-16(12-20(29)30)23(31)27-21(22-26-9-10-28(22)2)15-4-6-17(24)7-5-15/h3-11,16,21H,12-13H2,1-2H3,(H,27,31). The van der Waals surface area contributed by atoms with Crippen molar-refractivity contribution >= 4 is 17.5 Å². The molecule has 3 aromatic rings. The van der Waals surface area contributed by atoms with Crippen LogP contribution in [0.3, 0.4) is 0 Å². The molecule has 1 saturated heterocycles. The van der Waals surface area contributed by atoms with Crippen molar-refractivity contribution in [3.8, 4) is 0 Å². The fourth-order valence-electron chi connectivity index (χ4n) is 3.81. The molecule has 0 spiro atoms. The summed E-state index contributed by atoms with van der Waals surface area (Å²) in [6.07, 6.45) is 3.34. The van der Waals surface area contributed by atoms with E-state index in [9.17, 15) is 18.4 Å². The van der Waals surface area contributed by atoms with E-state index in [1.165, 1.54) is 23.1 Å². The highest BCUT2D eigenvalue weighted by atomic mass is 19.1. The Kier molecular flexibility index (Phi) is 5.54. The summed E-state index contributed by atoms with van der Waals surface area (Å²) in [5.74, 6) is -1.60. The third-order valence-electron chi connectivity index (χ3n) is 5.50. The minimum absolute atomic E-state index is 0.0180. The quantitative estimate of drug-likeness (QED) is 0.684. The number of benzene rings is 2. The minimum atomic E-state index is -0.642. The predicted octanol–water partition coefficient (Wildman–Crippen LogP) is 3.27. The number of anilines is 1. The fraction of sp³-hybridized carbons (Fsp3) is 0.261. The Balaban J connectivity index is 1.56. The Morgan fingerprint density at radius 3 is 2.58 bits per heavy atom. The molecule has 2 unspecified atom stereocenters. The van der Waals surface area contributed by atoms with Crippen LogP contribution in [0.1, 0.15) is 29.4 Å². The second-order valence-electron chi connectivity index (χ2n) is 7.75. The van der Waals surface area contributed by atoms with Gasteiger partial charge >= 0.3 is 0 Å². The summed E-state index contributed by atoms with van der Waals surface area (Å²) in [4.78, 5) is 31.2. The summed E-state index contributed by atoms with van der Waals surface area (Å²) in [7, 11) is 1.80. The summed E-state index contributed by atoms with van der Waals surface area (Å²) < 4.78 is 29.5. The lowest BCUT2D eigenvalue weighted by molar-refractivity contribution is -0.126. The monoisotopic (exact) mass is 424 g/mol. The molecule has 2 amide bonds. The number of rotatable bonds is 5. The molecule has 0 radical (unpaired) electrons. The first-order chi connectivity index (χ1) is 14.8. The van der Waals surface area contributed by atoms with Gasteiger partial charge in [0.15, 0.2) is 0 Å². The van der Waals surface area contributed by atoms with Gasteiger partial charge in [0.25, 0.3) is 0 Å². The zero-order valence-corrected chi connectivity index (χ0v) is 17.2. The normalized spacial score (nSPS) is 17.1. The molecule has 6 nitrogen and oxygen atoms in total. The van der Waals surface area contributed by atoms with Crippen molar-refractivity contribution in [2.24, 2.45) is 13.0 Å². The van der Waals surface area contributed by atoms with Crippen LogP contribution in [0.25, 0.3) is 0 Å². The van der Waals surface area contributed by atoms with Crippen molar-refractivity contribution in [2.45, 2.75) is 19.4 Å². The highest BCUT2D eigenvalue weighted by molar-refractivity contribution is 6.00. The Hall–Kier alpha value is -3.55. The average molecular weight is 424 g/mol. The summed E-state index contributed by atoms with van der Waals surface area (Å²) in [6.45, 7) is 1.85. The molecule has 1 N–H and O–H groups in total. The van der Waals surface area contributed by atoms with Crippen LogP contribution in [0.2, 0.25) is 0 Å². The number of carbonyl (C=O) groups excluding carboxylic acids is 2. The first kappa shape index (κ1) is 20.7. The fourth-order valence-corrected chi connectivity index (χ4v) is 3.81. The van der Waals surface area contributed by atoms with Crippen molar-refractivity contribution in [1.29, 1.82) is 0 Å². The zero-order valence-electron chi connectivity index (χ0n) is 17.2. The zero-order chi connectivity index (χ0) is 22.1. The number of aryl methyl sites for hydroxylation is 2. The summed E-state index contributed by atoms with van der Waals surface area (Å²) in [5, 5.41) is 2.94. The topological polar surface area (TPSA) is 67.2 Å². The SMILES string of the molecule is Cc1ccc(N2CC(C(=O)NC(c3ccc(F)cc3)c3nccn3C)CC2=O)c(F)c1. The van der Waals surface area contributed by atoms with Crippen LogP contribution in [-0.4, -0.2) is 27.9 Å². The van der Waals surface area contributed by atoms with Gasteiger partial charge in [0.1, 0.15) is 23.5 Å². The molecule has 31 heavy (non-hydrogen) atoms. The lowest BCUT2D eigenvalue weighted by atomic mass is 10.0. The van der Waals surface area contributed by atoms with Crippen molar-refractivity contribution in [3.63, 3.8) is 0 Å². The maximum atomic E-state index is 14.4. The number of nitrogens with one attached hydrogen (secondary N) is 1. The minimum Gasteiger partial charge on any atom is -0.342 e. The van der Waals surface area contributed by atoms with Crippen LogP contribution in [0.15, 0.2) is 54.9 Å². The molecule has 8 heteroatoms. The molecule has 1 aromatic heterocycles. The molecule has 0 bridgehead atoms. The van der Waals surface area contributed by atoms with Gasteiger partial charge in [0.05, 0.1) is 11.6 Å². The molecule has 4 rings (SSSR count). The lowest BCUT2D eigenvalue weighted by Gasteiger charge is -2.22. The van der Waals surface area contributed by atoms with Crippen LogP contribution < -0.4 is 10.2 Å². The lowest BCUT2D eigenvalue weighted by Crippen LogP contribution is -2.37. The molecule has 1 aliphatic rings. The Morgan fingerprint density at radius 1 is 1.19 bits per heavy atom. The first-order valence-electron chi connectivity index (χ1n) is 9.93. The maximum absolute atomic E-state index is 14.4. The van der Waals surface area contributed by atoms with E-state index in [0.717, 1.165) is 5.56 Å². The van der Waals surface area contributed by atoms with E-state index in [-0.39, 0.29) is 36.3 Å². The molecule has 0 aliphatic carbocycles. The van der Waals surface area contributed by atoms with E-state index < -0.39 is 17.8 Å². The number of carbonyl (C=O) groups is 2. The third kappa shape index (κ3) is 4.19. The molecule has 1 aliphatic heterocycles. The molecular weight excluding hydrogens is 402 g/mol. The highest BCUT2D eigenvalue weighted by Gasteiger charge is 2.37. The van der Waals surface area contributed by atoms with Crippen molar-refractivity contribution < 1.29 is 18.4 Å². The van der Waals surface area contributed by atoms with Crippen LogP contribution in [0, 0.1) is 24.5 Å². The summed E-state index contributed by atoms with van der Waals surface area (Å²) in [5.41, 5.74) is 1.58. The predicted molar refractivity (Wildman–Crippen MR) is 111 cm³/mol. The summed E-state index contributed by atoms with van der Waals surface area (Å²) >= 11 is 0. The largest absolute Gasteiger partial charge is 0.342 e. The van der Waals surface area contributed by atoms with Crippen molar-refractivity contribution in [3.05, 3.63) is 83.4 Å². The molecule has 2 heterocycles. The Morgan fingerprint density at radius 2 is 1.94 bits per heavy atom. The van der Waals surface area contributed by atoms with Crippen LogP contribution >= 0.6 is 0 Å². The van der Waals surface area contributed by atoms with Gasteiger partial charge in [-0.15, -0.1) is 0 Å². The van der Waals surface area contributed by atoms with Gasteiger partial charge in [-0.25, -0.2) is 13.8 Å². The number of nitrogens with zero attached hydrogens (tertiary/aromatic N) is 3. The molecule has 0 saturated carbocycles. The van der Waals surface area contributed by atoms with E-state index in [1.54, 1.807) is 55.2 Å². The van der Waals surface area contributed by atoms with E-state index in [4.69, 9.17) is 0 Å². The number of aromatic nitrogens is 2. The smallest absolute Gasteiger partial charge is 0.227 e. The Labute approximate surface area is 178 Å². The van der Waals surface area contributed by atoms with Gasteiger partial charge in [-0.2, -0.15) is 0 Å². The van der Waals surface area contributed by atoms with Gasteiger partial charge in [0.2, 0.25) is 11.8 Å². The number of hydrogen-bond acceptors (Lipinski definition) is 3. The average Bonchev–Trinajstić information content (AvgIpc) is 3.32. The van der Waals surface area contributed by atoms with E-state index >= 15 is 0 Å². The van der Waals surface area contributed by atoms with Crippen molar-refractivity contribution in [2.75, 3.05) is 11.4 Å². The summed E-state index contributed by atoms with van der Waals surface area (Å²) in [6, 6.07) is 9.83.